The summed E-state index contributed by atoms with van der Waals surface area (Å²) in [5.41, 5.74) is 0.593. The van der Waals surface area contributed by atoms with Gasteiger partial charge in [-0.05, 0) is 49.6 Å². The average Bonchev–Trinajstić information content (AvgIpc) is 3.03. The number of carbonyl (C=O) groups excluding carboxylic acids is 1. The highest BCUT2D eigenvalue weighted by Crippen LogP contribution is 2.34. The molecule has 108 valence electrons. The molecule has 4 heteroatoms. The van der Waals surface area contributed by atoms with Crippen LogP contribution in [0.1, 0.15) is 30.1 Å². The molecule has 2 aliphatic rings. The van der Waals surface area contributed by atoms with E-state index in [0.29, 0.717) is 17.5 Å². The molecule has 20 heavy (non-hydrogen) atoms. The first kappa shape index (κ1) is 13.4. The van der Waals surface area contributed by atoms with E-state index in [-0.39, 0.29) is 12.1 Å². The molecule has 0 amide bonds. The van der Waals surface area contributed by atoms with Crippen molar-refractivity contribution in [3.05, 3.63) is 29.8 Å². The van der Waals surface area contributed by atoms with Crippen LogP contribution < -0.4 is 4.74 Å². The molecular weight excluding hydrogens is 254 g/mol. The normalized spacial score (nSPS) is 29.2. The van der Waals surface area contributed by atoms with E-state index in [1.54, 1.807) is 31.4 Å². The predicted molar refractivity (Wildman–Crippen MR) is 76.0 cm³/mol. The van der Waals surface area contributed by atoms with Gasteiger partial charge in [0, 0.05) is 12.6 Å². The van der Waals surface area contributed by atoms with Crippen LogP contribution in [0.3, 0.4) is 0 Å². The van der Waals surface area contributed by atoms with Gasteiger partial charge in [0.25, 0.3) is 0 Å². The van der Waals surface area contributed by atoms with Crippen LogP contribution in [0.4, 0.5) is 0 Å². The second-order valence-electron chi connectivity index (χ2n) is 5.75. The molecule has 0 unspecified atom stereocenters. The van der Waals surface area contributed by atoms with Crippen molar-refractivity contribution in [1.29, 1.82) is 0 Å². The summed E-state index contributed by atoms with van der Waals surface area (Å²) in [5.74, 6) is 1.14. The van der Waals surface area contributed by atoms with Gasteiger partial charge in [0.15, 0.2) is 0 Å². The maximum absolute atomic E-state index is 12.2. The van der Waals surface area contributed by atoms with Crippen LogP contribution in [0, 0.1) is 5.92 Å². The van der Waals surface area contributed by atoms with Gasteiger partial charge in [-0.25, -0.2) is 4.79 Å². The molecule has 3 rings (SSSR count). The van der Waals surface area contributed by atoms with E-state index in [1.165, 1.54) is 6.42 Å². The Bertz CT molecular complexity index is 485. The minimum Gasteiger partial charge on any atom is -0.497 e. The lowest BCUT2D eigenvalue weighted by molar-refractivity contribution is 0.0197. The molecule has 3 atom stereocenters. The molecule has 1 aromatic rings. The van der Waals surface area contributed by atoms with E-state index in [0.717, 1.165) is 25.3 Å². The number of hydrogen-bond acceptors (Lipinski definition) is 4. The van der Waals surface area contributed by atoms with E-state index in [1.807, 2.05) is 0 Å². The van der Waals surface area contributed by atoms with Gasteiger partial charge in [-0.2, -0.15) is 0 Å². The molecule has 0 spiro atoms. The minimum absolute atomic E-state index is 0.0436. The van der Waals surface area contributed by atoms with E-state index in [2.05, 4.69) is 11.8 Å². The summed E-state index contributed by atoms with van der Waals surface area (Å²) in [6, 6.07) is 7.50. The van der Waals surface area contributed by atoms with Gasteiger partial charge in [0.05, 0.1) is 12.7 Å². The summed E-state index contributed by atoms with van der Waals surface area (Å²) < 4.78 is 10.8. The quantitative estimate of drug-likeness (QED) is 0.794. The summed E-state index contributed by atoms with van der Waals surface area (Å²) in [4.78, 5) is 14.7. The predicted octanol–water partition coefficient (Wildman–Crippen LogP) is 2.33. The van der Waals surface area contributed by atoms with Gasteiger partial charge in [-0.15, -0.1) is 0 Å². The molecular formula is C16H21NO3. The Hall–Kier alpha value is -1.55. The number of nitrogens with zero attached hydrogens (tertiary/aromatic N) is 1. The largest absolute Gasteiger partial charge is 0.497 e. The van der Waals surface area contributed by atoms with Crippen LogP contribution >= 0.6 is 0 Å². The Morgan fingerprint density at radius 1 is 1.20 bits per heavy atom. The number of hydrogen-bond donors (Lipinski definition) is 0. The number of fused-ring (bicyclic) bond motifs is 1. The lowest BCUT2D eigenvalue weighted by atomic mass is 9.98. The summed E-state index contributed by atoms with van der Waals surface area (Å²) in [5, 5.41) is 0. The SMILES string of the molecule is COc1ccc(C(=O)O[C@@H]2CCN3CC[C@H](C)[C@H]23)cc1. The molecule has 0 N–H and O–H groups in total. The number of methoxy groups -OCH3 is 1. The van der Waals surface area contributed by atoms with Crippen molar-refractivity contribution in [1.82, 2.24) is 4.90 Å². The molecule has 1 aromatic carbocycles. The van der Waals surface area contributed by atoms with E-state index < -0.39 is 0 Å². The van der Waals surface area contributed by atoms with Crippen LogP contribution in [-0.2, 0) is 4.74 Å². The maximum Gasteiger partial charge on any atom is 0.338 e. The topological polar surface area (TPSA) is 38.8 Å². The summed E-state index contributed by atoms with van der Waals surface area (Å²) >= 11 is 0. The van der Waals surface area contributed by atoms with Gasteiger partial charge in [0.2, 0.25) is 0 Å². The van der Waals surface area contributed by atoms with E-state index in [9.17, 15) is 4.79 Å². The van der Waals surface area contributed by atoms with Crippen molar-refractivity contribution in [3.8, 4) is 5.75 Å². The van der Waals surface area contributed by atoms with Gasteiger partial charge >= 0.3 is 5.97 Å². The molecule has 0 aliphatic carbocycles. The van der Waals surface area contributed by atoms with Gasteiger partial charge in [-0.3, -0.25) is 4.90 Å². The lowest BCUT2D eigenvalue weighted by Crippen LogP contribution is -2.35. The number of esters is 1. The second kappa shape index (κ2) is 5.44. The third-order valence-electron chi connectivity index (χ3n) is 4.54. The van der Waals surface area contributed by atoms with Crippen LogP contribution in [0.15, 0.2) is 24.3 Å². The molecule has 0 saturated carbocycles. The van der Waals surface area contributed by atoms with Crippen LogP contribution in [0.25, 0.3) is 0 Å². The lowest BCUT2D eigenvalue weighted by Gasteiger charge is -2.24. The summed E-state index contributed by atoms with van der Waals surface area (Å²) in [6.45, 7) is 4.45. The monoisotopic (exact) mass is 275 g/mol. The Labute approximate surface area is 119 Å². The number of rotatable bonds is 3. The van der Waals surface area contributed by atoms with Crippen molar-refractivity contribution in [2.45, 2.75) is 31.9 Å². The fraction of sp³-hybridized carbons (Fsp3) is 0.562. The number of ether oxygens (including phenoxy) is 2. The molecule has 0 radical (unpaired) electrons. The zero-order valence-electron chi connectivity index (χ0n) is 12.0. The fourth-order valence-corrected chi connectivity index (χ4v) is 3.44. The summed E-state index contributed by atoms with van der Waals surface area (Å²) in [6.07, 6.45) is 2.21. The standard InChI is InChI=1S/C16H21NO3/c1-11-7-9-17-10-8-14(15(11)17)20-16(18)12-3-5-13(19-2)6-4-12/h3-6,11,14-15H,7-10H2,1-2H3/t11-,14+,15+/m0/s1. The molecule has 4 nitrogen and oxygen atoms in total. The average molecular weight is 275 g/mol. The van der Waals surface area contributed by atoms with Crippen molar-refractivity contribution < 1.29 is 14.3 Å². The zero-order valence-corrected chi connectivity index (χ0v) is 12.0. The highest BCUT2D eigenvalue weighted by atomic mass is 16.5. The third-order valence-corrected chi connectivity index (χ3v) is 4.54. The first-order valence-electron chi connectivity index (χ1n) is 7.28. The first-order chi connectivity index (χ1) is 9.69. The maximum atomic E-state index is 12.2. The second-order valence-corrected chi connectivity index (χ2v) is 5.75. The van der Waals surface area contributed by atoms with Crippen LogP contribution in [0.2, 0.25) is 0 Å². The van der Waals surface area contributed by atoms with Crippen molar-refractivity contribution >= 4 is 5.97 Å². The van der Waals surface area contributed by atoms with Crippen molar-refractivity contribution in [3.63, 3.8) is 0 Å². The Kier molecular flexibility index (Phi) is 3.66. The number of benzene rings is 1. The van der Waals surface area contributed by atoms with Crippen molar-refractivity contribution in [2.75, 3.05) is 20.2 Å². The van der Waals surface area contributed by atoms with Crippen LogP contribution in [0.5, 0.6) is 5.75 Å². The highest BCUT2D eigenvalue weighted by molar-refractivity contribution is 5.89. The summed E-state index contributed by atoms with van der Waals surface area (Å²) in [7, 11) is 1.61. The highest BCUT2D eigenvalue weighted by Gasteiger charge is 2.43. The van der Waals surface area contributed by atoms with Gasteiger partial charge in [-0.1, -0.05) is 6.92 Å². The zero-order chi connectivity index (χ0) is 14.1. The third kappa shape index (κ3) is 2.40. The van der Waals surface area contributed by atoms with Crippen LogP contribution in [-0.4, -0.2) is 43.2 Å². The van der Waals surface area contributed by atoms with Gasteiger partial charge < -0.3 is 9.47 Å². The molecule has 0 aromatic heterocycles. The Balaban J connectivity index is 1.66. The molecule has 2 fully saturated rings. The number of carbonyl (C=O) groups is 1. The Morgan fingerprint density at radius 2 is 1.90 bits per heavy atom. The van der Waals surface area contributed by atoms with E-state index >= 15 is 0 Å². The van der Waals surface area contributed by atoms with Crippen molar-refractivity contribution in [2.24, 2.45) is 5.92 Å². The van der Waals surface area contributed by atoms with E-state index in [4.69, 9.17) is 9.47 Å². The molecule has 0 bridgehead atoms. The molecule has 2 heterocycles. The molecule has 2 aliphatic heterocycles. The van der Waals surface area contributed by atoms with Gasteiger partial charge in [0.1, 0.15) is 11.9 Å². The molecule has 2 saturated heterocycles. The minimum atomic E-state index is -0.224. The Morgan fingerprint density at radius 3 is 2.60 bits per heavy atom. The smallest absolute Gasteiger partial charge is 0.338 e. The fourth-order valence-electron chi connectivity index (χ4n) is 3.44. The first-order valence-corrected chi connectivity index (χ1v) is 7.28.